The number of carbonyl (C=O) groups is 2. The number of ether oxygens (including phenoxy) is 2. The van der Waals surface area contributed by atoms with E-state index in [1.54, 1.807) is 0 Å². The number of benzene rings is 1. The molecule has 4 nitrogen and oxygen atoms in total. The van der Waals surface area contributed by atoms with E-state index < -0.39 is 10.6 Å². The van der Waals surface area contributed by atoms with Crippen molar-refractivity contribution in [3.63, 3.8) is 0 Å². The number of allylic oxidation sites excluding steroid dienone is 2. The van der Waals surface area contributed by atoms with Gasteiger partial charge in [0.05, 0.1) is 10.6 Å². The van der Waals surface area contributed by atoms with Crippen molar-refractivity contribution in [3.8, 4) is 0 Å². The molecule has 4 unspecified atom stereocenters. The zero-order valence-electron chi connectivity index (χ0n) is 19.0. The molecule has 2 fully saturated rings. The molecular formula is C26H33O4P. The molecule has 1 heterocycles. The van der Waals surface area contributed by atoms with Gasteiger partial charge in [-0.05, 0) is 57.2 Å². The smallest absolute Gasteiger partial charge is 0.316 e. The second kappa shape index (κ2) is 8.30. The zero-order chi connectivity index (χ0) is 22.4. The number of ketones is 1. The monoisotopic (exact) mass is 440 g/mol. The topological polar surface area (TPSA) is 55.9 Å². The first-order chi connectivity index (χ1) is 14.7. The van der Waals surface area contributed by atoms with Crippen LogP contribution in [0.1, 0.15) is 66.1 Å². The molecule has 3 aliphatic rings. The van der Waals surface area contributed by atoms with Crippen LogP contribution in [0, 0.1) is 26.2 Å². The molecule has 1 saturated heterocycles. The molecule has 4 atom stereocenters. The van der Waals surface area contributed by atoms with Gasteiger partial charge in [0.15, 0.2) is 5.78 Å². The maximum atomic E-state index is 14.1. The van der Waals surface area contributed by atoms with Gasteiger partial charge in [0.2, 0.25) is 0 Å². The quantitative estimate of drug-likeness (QED) is 0.265. The average molecular weight is 441 g/mol. The summed E-state index contributed by atoms with van der Waals surface area (Å²) in [5.41, 5.74) is 4.08. The fourth-order valence-electron chi connectivity index (χ4n) is 5.49. The highest BCUT2D eigenvalue weighted by molar-refractivity contribution is 7.21. The van der Waals surface area contributed by atoms with Gasteiger partial charge in [0.25, 0.3) is 0 Å². The number of fused-ring (bicyclic) bond motifs is 1. The molecule has 0 amide bonds. The number of carbonyl (C=O) groups excluding carboxylic acids is 2. The van der Waals surface area contributed by atoms with Gasteiger partial charge < -0.3 is 9.47 Å². The molecule has 0 N–H and O–H groups in total. The summed E-state index contributed by atoms with van der Waals surface area (Å²) in [6.45, 7) is 8.12. The first-order valence-corrected chi connectivity index (χ1v) is 11.9. The van der Waals surface area contributed by atoms with Gasteiger partial charge in [0.1, 0.15) is 18.8 Å². The van der Waals surface area contributed by atoms with Gasteiger partial charge in [0, 0.05) is 5.56 Å². The van der Waals surface area contributed by atoms with Crippen LogP contribution in [-0.2, 0) is 14.3 Å². The minimum Gasteiger partial charge on any atom is -0.460 e. The molecule has 1 aromatic rings. The molecule has 4 rings (SSSR count). The van der Waals surface area contributed by atoms with Crippen molar-refractivity contribution in [1.82, 2.24) is 0 Å². The van der Waals surface area contributed by atoms with Crippen LogP contribution in [0.4, 0.5) is 0 Å². The summed E-state index contributed by atoms with van der Waals surface area (Å²) >= 11 is 0. The average Bonchev–Trinajstić information content (AvgIpc) is 3.52. The third kappa shape index (κ3) is 3.94. The van der Waals surface area contributed by atoms with Crippen molar-refractivity contribution in [2.45, 2.75) is 77.2 Å². The SMILES string of the molecule is Cc1cc(C)c(C(=O)C2(C(C)(P)C(=O)OCC3=CC=CC4OC34)CCCCC2)c(C)c1. The fourth-order valence-corrected chi connectivity index (χ4v) is 5.99. The summed E-state index contributed by atoms with van der Waals surface area (Å²) in [4.78, 5) is 27.5. The van der Waals surface area contributed by atoms with E-state index in [0.29, 0.717) is 12.8 Å². The Bertz CT molecular complexity index is 943. The largest absolute Gasteiger partial charge is 0.460 e. The van der Waals surface area contributed by atoms with Gasteiger partial charge >= 0.3 is 5.97 Å². The molecule has 5 heteroatoms. The summed E-state index contributed by atoms with van der Waals surface area (Å²) in [7, 11) is 2.71. The number of hydrogen-bond acceptors (Lipinski definition) is 4. The van der Waals surface area contributed by atoms with Crippen molar-refractivity contribution in [3.05, 3.63) is 58.2 Å². The highest BCUT2D eigenvalue weighted by Crippen LogP contribution is 2.52. The Hall–Kier alpha value is -1.77. The molecule has 0 aromatic heterocycles. The number of esters is 1. The predicted octanol–water partition coefficient (Wildman–Crippen LogP) is 5.19. The van der Waals surface area contributed by atoms with E-state index in [0.717, 1.165) is 47.1 Å². The van der Waals surface area contributed by atoms with Gasteiger partial charge in [-0.15, -0.1) is 9.24 Å². The molecule has 0 radical (unpaired) electrons. The van der Waals surface area contributed by atoms with Crippen LogP contribution < -0.4 is 0 Å². The molecule has 1 saturated carbocycles. The van der Waals surface area contributed by atoms with Crippen molar-refractivity contribution in [1.29, 1.82) is 0 Å². The molecule has 1 aliphatic heterocycles. The van der Waals surface area contributed by atoms with E-state index in [2.05, 4.69) is 21.4 Å². The summed E-state index contributed by atoms with van der Waals surface area (Å²) in [5.74, 6) is -0.245. The maximum absolute atomic E-state index is 14.1. The van der Waals surface area contributed by atoms with E-state index >= 15 is 0 Å². The Morgan fingerprint density at radius 2 is 1.81 bits per heavy atom. The van der Waals surface area contributed by atoms with Crippen molar-refractivity contribution >= 4 is 21.0 Å². The highest BCUT2D eigenvalue weighted by Gasteiger charge is 2.56. The molecule has 2 aliphatic carbocycles. The molecule has 0 bridgehead atoms. The molecule has 166 valence electrons. The van der Waals surface area contributed by atoms with Crippen LogP contribution in [0.15, 0.2) is 35.9 Å². The Morgan fingerprint density at radius 3 is 2.45 bits per heavy atom. The van der Waals surface area contributed by atoms with E-state index in [9.17, 15) is 9.59 Å². The summed E-state index contributed by atoms with van der Waals surface area (Å²) in [6.07, 6.45) is 10.5. The maximum Gasteiger partial charge on any atom is 0.316 e. The molecule has 1 aromatic carbocycles. The van der Waals surface area contributed by atoms with E-state index in [4.69, 9.17) is 9.47 Å². The lowest BCUT2D eigenvalue weighted by Crippen LogP contribution is -2.54. The zero-order valence-corrected chi connectivity index (χ0v) is 20.1. The van der Waals surface area contributed by atoms with Crippen LogP contribution >= 0.6 is 9.24 Å². The lowest BCUT2D eigenvalue weighted by atomic mass is 9.61. The summed E-state index contributed by atoms with van der Waals surface area (Å²) < 4.78 is 11.4. The number of Topliss-reactive ketones (excluding diaryl/α,β-unsaturated/α-hetero) is 1. The second-order valence-corrected chi connectivity index (χ2v) is 10.8. The van der Waals surface area contributed by atoms with Crippen molar-refractivity contribution in [2.75, 3.05) is 6.61 Å². The number of hydrogen-bond donors (Lipinski definition) is 0. The molecule has 31 heavy (non-hydrogen) atoms. The van der Waals surface area contributed by atoms with Crippen LogP contribution in [0.5, 0.6) is 0 Å². The lowest BCUT2D eigenvalue weighted by molar-refractivity contribution is -0.149. The minimum atomic E-state index is -0.997. The van der Waals surface area contributed by atoms with Gasteiger partial charge in [-0.25, -0.2) is 0 Å². The standard InChI is InChI=1S/C26H33O4P/c1-16-13-17(2)21(18(3)14-16)23(27)26(11-6-5-7-12-26)25(4,31)24(28)29-15-19-9-8-10-20-22(19)30-20/h8-10,13-14,20,22H,5-7,11-12,15,31H2,1-4H3. The Morgan fingerprint density at radius 1 is 1.16 bits per heavy atom. The number of rotatable bonds is 6. The lowest BCUT2D eigenvalue weighted by Gasteiger charge is -2.46. The van der Waals surface area contributed by atoms with Crippen LogP contribution in [0.25, 0.3) is 0 Å². The van der Waals surface area contributed by atoms with Gasteiger partial charge in [-0.1, -0.05) is 55.2 Å². The first-order valence-electron chi connectivity index (χ1n) is 11.3. The molecular weight excluding hydrogens is 407 g/mol. The van der Waals surface area contributed by atoms with Crippen molar-refractivity contribution < 1.29 is 19.1 Å². The van der Waals surface area contributed by atoms with Gasteiger partial charge in [-0.3, -0.25) is 9.59 Å². The highest BCUT2D eigenvalue weighted by atomic mass is 31.0. The first kappa shape index (κ1) is 22.4. The third-order valence-corrected chi connectivity index (χ3v) is 8.12. The molecule has 0 spiro atoms. The Kier molecular flexibility index (Phi) is 6.00. The van der Waals surface area contributed by atoms with Crippen LogP contribution in [-0.4, -0.2) is 35.7 Å². The van der Waals surface area contributed by atoms with Crippen molar-refractivity contribution in [2.24, 2.45) is 5.41 Å². The van der Waals surface area contributed by atoms with Crippen LogP contribution in [0.2, 0.25) is 0 Å². The normalized spacial score (nSPS) is 25.8. The van der Waals surface area contributed by atoms with E-state index in [1.165, 1.54) is 0 Å². The Balaban J connectivity index is 1.62. The summed E-state index contributed by atoms with van der Waals surface area (Å²) in [5, 5.41) is -0.997. The number of epoxide rings is 1. The minimum absolute atomic E-state index is 0.0386. The fraction of sp³-hybridized carbons (Fsp3) is 0.538. The number of aryl methyl sites for hydroxylation is 3. The predicted molar refractivity (Wildman–Crippen MR) is 125 cm³/mol. The van der Waals surface area contributed by atoms with E-state index in [-0.39, 0.29) is 30.6 Å². The second-order valence-electron chi connectivity index (χ2n) is 9.67. The van der Waals surface area contributed by atoms with Crippen LogP contribution in [0.3, 0.4) is 0 Å². The van der Waals surface area contributed by atoms with E-state index in [1.807, 2.05) is 45.9 Å². The Labute approximate surface area is 187 Å². The summed E-state index contributed by atoms with van der Waals surface area (Å²) in [6, 6.07) is 4.12. The third-order valence-electron chi connectivity index (χ3n) is 7.34. The van der Waals surface area contributed by atoms with Gasteiger partial charge in [-0.2, -0.15) is 0 Å².